The third-order valence-electron chi connectivity index (χ3n) is 4.21. The Kier molecular flexibility index (Phi) is 1.71. The summed E-state index contributed by atoms with van der Waals surface area (Å²) in [6.45, 7) is 0. The van der Waals surface area contributed by atoms with Crippen molar-refractivity contribution in [1.29, 1.82) is 0 Å². The summed E-state index contributed by atoms with van der Waals surface area (Å²) in [7, 11) is 2.20. The lowest BCUT2D eigenvalue weighted by Crippen LogP contribution is -2.03. The van der Waals surface area contributed by atoms with Gasteiger partial charge in [0.05, 0.1) is 0 Å². The lowest BCUT2D eigenvalue weighted by atomic mass is 9.93. The minimum Gasteiger partial charge on any atom is -0.344 e. The molecule has 4 rings (SSSR count). The standard InChI is InChI=1S/C16H15N/c1-17-15-9-5-4-8-13(15)14-10-11-6-2-3-7-12(11)16(14)17/h2-5,7-9,11H,6,10H2,1H3/t11-/m1/s1. The largest absolute Gasteiger partial charge is 0.344 e. The normalized spacial score (nSPS) is 21.5. The number of fused-ring (bicyclic) bond motifs is 5. The van der Waals surface area contributed by atoms with E-state index >= 15 is 0 Å². The molecule has 1 aromatic carbocycles. The van der Waals surface area contributed by atoms with Crippen molar-refractivity contribution >= 4 is 16.5 Å². The Hall–Kier alpha value is -1.76. The molecule has 0 amide bonds. The summed E-state index contributed by atoms with van der Waals surface area (Å²) in [5.74, 6) is 0.723. The van der Waals surface area contributed by atoms with Gasteiger partial charge in [-0.1, -0.05) is 36.4 Å². The van der Waals surface area contributed by atoms with Gasteiger partial charge >= 0.3 is 0 Å². The average molecular weight is 221 g/mol. The Labute approximate surface area is 101 Å². The SMILES string of the molecule is Cn1c2c(c3ccccc31)C[C@H]1CC=CC=C21. The first-order valence-corrected chi connectivity index (χ1v) is 6.29. The van der Waals surface area contributed by atoms with Gasteiger partial charge in [0, 0.05) is 23.6 Å². The second-order valence-electron chi connectivity index (χ2n) is 5.09. The molecule has 0 aliphatic heterocycles. The summed E-state index contributed by atoms with van der Waals surface area (Å²) >= 11 is 0. The molecule has 0 N–H and O–H groups in total. The molecule has 84 valence electrons. The van der Waals surface area contributed by atoms with Gasteiger partial charge < -0.3 is 4.57 Å². The van der Waals surface area contributed by atoms with Gasteiger partial charge in [0.25, 0.3) is 0 Å². The fourth-order valence-electron chi connectivity index (χ4n) is 3.44. The van der Waals surface area contributed by atoms with Crippen LogP contribution in [0.15, 0.2) is 42.5 Å². The van der Waals surface area contributed by atoms with Crippen molar-refractivity contribution in [1.82, 2.24) is 4.57 Å². The molecule has 1 heterocycles. The highest BCUT2D eigenvalue weighted by atomic mass is 15.0. The average Bonchev–Trinajstić information content (AvgIpc) is 2.88. The second kappa shape index (κ2) is 3.13. The molecule has 1 aromatic heterocycles. The van der Waals surface area contributed by atoms with Crippen molar-refractivity contribution < 1.29 is 0 Å². The van der Waals surface area contributed by atoms with Crippen LogP contribution in [0.3, 0.4) is 0 Å². The molecule has 1 nitrogen and oxygen atoms in total. The Bertz CT molecular complexity index is 670. The number of para-hydroxylation sites is 1. The number of aromatic nitrogens is 1. The number of hydrogen-bond acceptors (Lipinski definition) is 0. The van der Waals surface area contributed by atoms with E-state index < -0.39 is 0 Å². The Morgan fingerprint density at radius 3 is 3.06 bits per heavy atom. The molecule has 0 fully saturated rings. The number of aryl methyl sites for hydroxylation is 1. The zero-order chi connectivity index (χ0) is 11.4. The van der Waals surface area contributed by atoms with Crippen LogP contribution in [-0.4, -0.2) is 4.57 Å². The van der Waals surface area contributed by atoms with Gasteiger partial charge in [0.1, 0.15) is 0 Å². The first-order valence-electron chi connectivity index (χ1n) is 6.29. The molecule has 2 aromatic rings. The molecule has 17 heavy (non-hydrogen) atoms. The fourth-order valence-corrected chi connectivity index (χ4v) is 3.44. The summed E-state index contributed by atoms with van der Waals surface area (Å²) in [5, 5.41) is 1.44. The van der Waals surface area contributed by atoms with Gasteiger partial charge in [0.2, 0.25) is 0 Å². The molecule has 2 aliphatic carbocycles. The monoisotopic (exact) mass is 221 g/mol. The van der Waals surface area contributed by atoms with E-state index in [0.29, 0.717) is 0 Å². The Morgan fingerprint density at radius 1 is 1.24 bits per heavy atom. The van der Waals surface area contributed by atoms with E-state index in [2.05, 4.69) is 54.1 Å². The highest BCUT2D eigenvalue weighted by Gasteiger charge is 2.31. The zero-order valence-electron chi connectivity index (χ0n) is 9.98. The first kappa shape index (κ1) is 9.29. The van der Waals surface area contributed by atoms with Crippen LogP contribution in [-0.2, 0) is 13.5 Å². The van der Waals surface area contributed by atoms with E-state index in [1.165, 1.54) is 29.4 Å². The number of nitrogens with zero attached hydrogens (tertiary/aromatic N) is 1. The van der Waals surface area contributed by atoms with Gasteiger partial charge in [-0.15, -0.1) is 0 Å². The zero-order valence-corrected chi connectivity index (χ0v) is 9.98. The van der Waals surface area contributed by atoms with Crippen LogP contribution in [0.25, 0.3) is 16.5 Å². The molecule has 2 aliphatic rings. The van der Waals surface area contributed by atoms with E-state index in [9.17, 15) is 0 Å². The van der Waals surface area contributed by atoms with Crippen LogP contribution in [0.4, 0.5) is 0 Å². The summed E-state index contributed by atoms with van der Waals surface area (Å²) in [5.41, 5.74) is 5.94. The lowest BCUT2D eigenvalue weighted by molar-refractivity contribution is 0.702. The highest BCUT2D eigenvalue weighted by Crippen LogP contribution is 2.44. The first-order chi connectivity index (χ1) is 8.36. The molecule has 1 atom stereocenters. The van der Waals surface area contributed by atoms with Crippen LogP contribution in [0.1, 0.15) is 17.7 Å². The van der Waals surface area contributed by atoms with Crippen LogP contribution < -0.4 is 0 Å². The number of allylic oxidation sites excluding steroid dienone is 4. The molecule has 0 spiro atoms. The number of rotatable bonds is 0. The summed E-state index contributed by atoms with van der Waals surface area (Å²) in [6, 6.07) is 8.77. The maximum atomic E-state index is 2.37. The minimum atomic E-state index is 0.723. The molecule has 0 radical (unpaired) electrons. The topological polar surface area (TPSA) is 4.93 Å². The van der Waals surface area contributed by atoms with Crippen molar-refractivity contribution in [2.24, 2.45) is 13.0 Å². The molecular weight excluding hydrogens is 206 g/mol. The Morgan fingerprint density at radius 2 is 2.12 bits per heavy atom. The fraction of sp³-hybridized carbons (Fsp3) is 0.250. The van der Waals surface area contributed by atoms with Crippen molar-refractivity contribution in [3.8, 4) is 0 Å². The summed E-state index contributed by atoms with van der Waals surface area (Å²) < 4.78 is 2.37. The predicted molar refractivity (Wildman–Crippen MR) is 71.8 cm³/mol. The van der Waals surface area contributed by atoms with E-state index in [4.69, 9.17) is 0 Å². The summed E-state index contributed by atoms with van der Waals surface area (Å²) in [6.07, 6.45) is 9.22. The van der Waals surface area contributed by atoms with Crippen LogP contribution >= 0.6 is 0 Å². The van der Waals surface area contributed by atoms with Crippen LogP contribution in [0.2, 0.25) is 0 Å². The van der Waals surface area contributed by atoms with E-state index in [1.807, 2.05) is 0 Å². The minimum absolute atomic E-state index is 0.723. The molecule has 0 unspecified atom stereocenters. The second-order valence-corrected chi connectivity index (χ2v) is 5.09. The molecule has 1 heteroatoms. The lowest BCUT2D eigenvalue weighted by Gasteiger charge is -2.14. The highest BCUT2D eigenvalue weighted by molar-refractivity contribution is 5.93. The van der Waals surface area contributed by atoms with E-state index in [1.54, 1.807) is 11.1 Å². The molecular formula is C16H15N. The van der Waals surface area contributed by atoms with Gasteiger partial charge in [-0.25, -0.2) is 0 Å². The molecule has 0 bridgehead atoms. The van der Waals surface area contributed by atoms with Crippen molar-refractivity contribution in [2.45, 2.75) is 12.8 Å². The van der Waals surface area contributed by atoms with Crippen molar-refractivity contribution in [3.63, 3.8) is 0 Å². The smallest absolute Gasteiger partial charge is 0.0485 e. The maximum Gasteiger partial charge on any atom is 0.0485 e. The van der Waals surface area contributed by atoms with Gasteiger partial charge in [-0.2, -0.15) is 0 Å². The quantitative estimate of drug-likeness (QED) is 0.639. The molecule has 0 saturated heterocycles. The number of hydrogen-bond donors (Lipinski definition) is 0. The van der Waals surface area contributed by atoms with E-state index in [0.717, 1.165) is 5.92 Å². The third-order valence-corrected chi connectivity index (χ3v) is 4.21. The van der Waals surface area contributed by atoms with Crippen LogP contribution in [0, 0.1) is 5.92 Å². The van der Waals surface area contributed by atoms with Gasteiger partial charge in [-0.05, 0) is 36.0 Å². The van der Waals surface area contributed by atoms with Gasteiger partial charge in [-0.3, -0.25) is 0 Å². The van der Waals surface area contributed by atoms with Crippen molar-refractivity contribution in [3.05, 3.63) is 53.8 Å². The maximum absolute atomic E-state index is 2.37. The Balaban J connectivity index is 2.09. The number of benzene rings is 1. The van der Waals surface area contributed by atoms with E-state index in [-0.39, 0.29) is 0 Å². The summed E-state index contributed by atoms with van der Waals surface area (Å²) in [4.78, 5) is 0. The molecule has 0 saturated carbocycles. The third kappa shape index (κ3) is 1.09. The predicted octanol–water partition coefficient (Wildman–Crippen LogP) is 3.69. The van der Waals surface area contributed by atoms with Crippen LogP contribution in [0.5, 0.6) is 0 Å². The van der Waals surface area contributed by atoms with Crippen molar-refractivity contribution in [2.75, 3.05) is 0 Å². The van der Waals surface area contributed by atoms with Gasteiger partial charge in [0.15, 0.2) is 0 Å².